The second-order valence-electron chi connectivity index (χ2n) is 7.40. The molecule has 4 nitrogen and oxygen atoms in total. The van der Waals surface area contributed by atoms with Crippen molar-refractivity contribution in [2.45, 2.75) is 20.5 Å². The maximum Gasteiger partial charge on any atom is 0.343 e. The van der Waals surface area contributed by atoms with E-state index in [9.17, 15) is 4.79 Å². The molecule has 3 aromatic carbocycles. The molecule has 0 saturated carbocycles. The number of rotatable bonds is 7. The fraction of sp³-hybridized carbons (Fsp3) is 0.148. The predicted molar refractivity (Wildman–Crippen MR) is 129 cm³/mol. The quantitative estimate of drug-likeness (QED) is 0.272. The minimum Gasteiger partial charge on any atom is -0.490 e. The summed E-state index contributed by atoms with van der Waals surface area (Å²) in [5, 5.41) is 0. The fourth-order valence-electron chi connectivity index (χ4n) is 3.33. The number of carbonyl (C=O) groups is 1. The van der Waals surface area contributed by atoms with Gasteiger partial charge in [-0.2, -0.15) is 0 Å². The first-order valence-electron chi connectivity index (χ1n) is 10.4. The van der Waals surface area contributed by atoms with Gasteiger partial charge in [-0.1, -0.05) is 60.2 Å². The van der Waals surface area contributed by atoms with E-state index in [1.807, 2.05) is 80.6 Å². The van der Waals surface area contributed by atoms with E-state index in [4.69, 9.17) is 14.2 Å². The molecule has 1 aliphatic rings. The van der Waals surface area contributed by atoms with Crippen molar-refractivity contribution in [3.05, 3.63) is 105 Å². The van der Waals surface area contributed by atoms with Gasteiger partial charge in [-0.25, -0.2) is 4.79 Å². The Balaban J connectivity index is 1.61. The van der Waals surface area contributed by atoms with Crippen LogP contribution in [-0.2, 0) is 16.1 Å². The van der Waals surface area contributed by atoms with Gasteiger partial charge in [0.1, 0.15) is 12.4 Å². The molecule has 0 bridgehead atoms. The SMILES string of the molecule is CCOc1cc(/C=C2\C=C(c3ccc(C)cc3)OC2=O)cc(Br)c1OCc1ccccc1. The van der Waals surface area contributed by atoms with Crippen LogP contribution < -0.4 is 9.47 Å². The molecule has 0 atom stereocenters. The van der Waals surface area contributed by atoms with Crippen LogP contribution in [0.15, 0.2) is 82.9 Å². The topological polar surface area (TPSA) is 44.8 Å². The highest BCUT2D eigenvalue weighted by Gasteiger charge is 2.22. The molecule has 1 aliphatic heterocycles. The molecule has 5 heteroatoms. The Morgan fingerprint density at radius 3 is 2.47 bits per heavy atom. The van der Waals surface area contributed by atoms with Crippen LogP contribution in [0.3, 0.4) is 0 Å². The van der Waals surface area contributed by atoms with Crippen molar-refractivity contribution >= 4 is 33.7 Å². The minimum atomic E-state index is -0.376. The highest BCUT2D eigenvalue weighted by atomic mass is 79.9. The Kier molecular flexibility index (Phi) is 6.76. The molecule has 0 radical (unpaired) electrons. The number of aryl methyl sites for hydroxylation is 1. The molecule has 3 aromatic rings. The number of halogens is 1. The summed E-state index contributed by atoms with van der Waals surface area (Å²) in [4.78, 5) is 12.4. The Morgan fingerprint density at radius 2 is 1.75 bits per heavy atom. The van der Waals surface area contributed by atoms with Gasteiger partial charge in [0, 0.05) is 5.56 Å². The maximum atomic E-state index is 12.4. The zero-order valence-corrected chi connectivity index (χ0v) is 19.5. The van der Waals surface area contributed by atoms with Crippen molar-refractivity contribution < 1.29 is 19.0 Å². The molecule has 0 fully saturated rings. The zero-order valence-electron chi connectivity index (χ0n) is 17.9. The number of carbonyl (C=O) groups excluding carboxylic acids is 1. The van der Waals surface area contributed by atoms with Crippen LogP contribution in [0.4, 0.5) is 0 Å². The average Bonchev–Trinajstić information content (AvgIpc) is 3.14. The Morgan fingerprint density at radius 1 is 1.00 bits per heavy atom. The number of hydrogen-bond donors (Lipinski definition) is 0. The lowest BCUT2D eigenvalue weighted by atomic mass is 10.1. The van der Waals surface area contributed by atoms with Crippen LogP contribution in [-0.4, -0.2) is 12.6 Å². The summed E-state index contributed by atoms with van der Waals surface area (Å²) in [5.74, 6) is 1.41. The number of cyclic esters (lactones) is 1. The fourth-order valence-corrected chi connectivity index (χ4v) is 3.91. The van der Waals surface area contributed by atoms with Crippen molar-refractivity contribution in [2.75, 3.05) is 6.61 Å². The third-order valence-electron chi connectivity index (χ3n) is 4.94. The summed E-state index contributed by atoms with van der Waals surface area (Å²) >= 11 is 3.60. The first-order valence-corrected chi connectivity index (χ1v) is 11.2. The minimum absolute atomic E-state index is 0.376. The summed E-state index contributed by atoms with van der Waals surface area (Å²) in [6.45, 7) is 4.86. The molecule has 0 N–H and O–H groups in total. The first-order chi connectivity index (χ1) is 15.5. The van der Waals surface area contributed by atoms with Crippen molar-refractivity contribution in [1.29, 1.82) is 0 Å². The van der Waals surface area contributed by atoms with E-state index in [0.29, 0.717) is 36.0 Å². The summed E-state index contributed by atoms with van der Waals surface area (Å²) in [6, 6.07) is 21.6. The molecule has 1 heterocycles. The van der Waals surface area contributed by atoms with Gasteiger partial charge in [-0.05, 0) is 65.2 Å². The predicted octanol–water partition coefficient (Wildman–Crippen LogP) is 6.72. The molecule has 0 aromatic heterocycles. The monoisotopic (exact) mass is 490 g/mol. The smallest absolute Gasteiger partial charge is 0.343 e. The van der Waals surface area contributed by atoms with E-state index in [2.05, 4.69) is 15.9 Å². The molecular formula is C27H23BrO4. The third kappa shape index (κ3) is 5.11. The van der Waals surface area contributed by atoms with E-state index in [0.717, 1.165) is 26.7 Å². The average molecular weight is 491 g/mol. The Bertz CT molecular complexity index is 1180. The number of benzene rings is 3. The number of hydrogen-bond acceptors (Lipinski definition) is 4. The first kappa shape index (κ1) is 21.9. The van der Waals surface area contributed by atoms with Gasteiger partial charge in [0.2, 0.25) is 0 Å². The van der Waals surface area contributed by atoms with Crippen LogP contribution in [0.2, 0.25) is 0 Å². The van der Waals surface area contributed by atoms with Crippen molar-refractivity contribution in [1.82, 2.24) is 0 Å². The molecule has 0 spiro atoms. The van der Waals surface area contributed by atoms with Gasteiger partial charge >= 0.3 is 5.97 Å². The number of esters is 1. The highest BCUT2D eigenvalue weighted by Crippen LogP contribution is 2.38. The van der Waals surface area contributed by atoms with Crippen LogP contribution >= 0.6 is 15.9 Å². The molecule has 162 valence electrons. The van der Waals surface area contributed by atoms with Gasteiger partial charge in [0.05, 0.1) is 16.7 Å². The second kappa shape index (κ2) is 9.88. The third-order valence-corrected chi connectivity index (χ3v) is 5.53. The van der Waals surface area contributed by atoms with Gasteiger partial charge in [-0.15, -0.1) is 0 Å². The largest absolute Gasteiger partial charge is 0.490 e. The van der Waals surface area contributed by atoms with E-state index < -0.39 is 0 Å². The lowest BCUT2D eigenvalue weighted by Crippen LogP contribution is -2.01. The Labute approximate surface area is 196 Å². The van der Waals surface area contributed by atoms with Crippen LogP contribution in [0.5, 0.6) is 11.5 Å². The molecule has 32 heavy (non-hydrogen) atoms. The van der Waals surface area contributed by atoms with Gasteiger partial charge in [0.25, 0.3) is 0 Å². The van der Waals surface area contributed by atoms with Crippen molar-refractivity contribution in [2.24, 2.45) is 0 Å². The molecular weight excluding hydrogens is 468 g/mol. The summed E-state index contributed by atoms with van der Waals surface area (Å²) < 4.78 is 18.1. The van der Waals surface area contributed by atoms with Crippen molar-refractivity contribution in [3.8, 4) is 11.5 Å². The molecule has 0 unspecified atom stereocenters. The number of ether oxygens (including phenoxy) is 3. The lowest BCUT2D eigenvalue weighted by molar-refractivity contribution is -0.130. The molecule has 0 saturated heterocycles. The summed E-state index contributed by atoms with van der Waals surface area (Å²) in [6.07, 6.45) is 3.55. The van der Waals surface area contributed by atoms with Gasteiger partial charge in [0.15, 0.2) is 11.5 Å². The molecule has 4 rings (SSSR count). The Hall–Kier alpha value is -3.31. The normalized spacial score (nSPS) is 14.3. The van der Waals surface area contributed by atoms with E-state index >= 15 is 0 Å². The zero-order chi connectivity index (χ0) is 22.5. The standard InChI is InChI=1S/C27H23BrO4/c1-3-30-25-15-20(14-23(28)26(25)31-17-19-7-5-4-6-8-19)13-22-16-24(32-27(22)29)21-11-9-18(2)10-12-21/h4-16H,3,17H2,1-2H3/b22-13+. The molecule has 0 aliphatic carbocycles. The van der Waals surface area contributed by atoms with Crippen LogP contribution in [0.1, 0.15) is 29.2 Å². The molecule has 0 amide bonds. The summed E-state index contributed by atoms with van der Waals surface area (Å²) in [7, 11) is 0. The second-order valence-corrected chi connectivity index (χ2v) is 8.26. The van der Waals surface area contributed by atoms with E-state index in [1.54, 1.807) is 12.2 Å². The summed E-state index contributed by atoms with van der Waals surface area (Å²) in [5.41, 5.74) is 4.37. The highest BCUT2D eigenvalue weighted by molar-refractivity contribution is 9.10. The van der Waals surface area contributed by atoms with Gasteiger partial charge in [-0.3, -0.25) is 0 Å². The van der Waals surface area contributed by atoms with Crippen LogP contribution in [0.25, 0.3) is 11.8 Å². The van der Waals surface area contributed by atoms with E-state index in [-0.39, 0.29) is 5.97 Å². The van der Waals surface area contributed by atoms with Crippen molar-refractivity contribution in [3.63, 3.8) is 0 Å². The lowest BCUT2D eigenvalue weighted by Gasteiger charge is -2.15. The van der Waals surface area contributed by atoms with Crippen LogP contribution in [0, 0.1) is 6.92 Å². The van der Waals surface area contributed by atoms with Gasteiger partial charge < -0.3 is 14.2 Å². The maximum absolute atomic E-state index is 12.4. The van der Waals surface area contributed by atoms with E-state index in [1.165, 1.54) is 0 Å².